The minimum absolute atomic E-state index is 0.109. The molecule has 1 aliphatic rings. The molecule has 20 heavy (non-hydrogen) atoms. The zero-order valence-electron chi connectivity index (χ0n) is 11.1. The summed E-state index contributed by atoms with van der Waals surface area (Å²) in [6.45, 7) is 0.850. The van der Waals surface area contributed by atoms with Crippen LogP contribution in [0.3, 0.4) is 0 Å². The molecule has 102 valence electrons. The number of nitrogens with one attached hydrogen (secondary N) is 1. The number of hydrogen-bond donors (Lipinski definition) is 2. The number of rotatable bonds is 2. The number of halogens is 1. The van der Waals surface area contributed by atoms with Gasteiger partial charge in [-0.2, -0.15) is 0 Å². The normalized spacial score (nSPS) is 13.9. The summed E-state index contributed by atoms with van der Waals surface area (Å²) >= 11 is 0. The first kappa shape index (κ1) is 12.7. The van der Waals surface area contributed by atoms with E-state index in [1.54, 1.807) is 6.07 Å². The van der Waals surface area contributed by atoms with Crippen molar-refractivity contribution in [2.45, 2.75) is 12.8 Å². The lowest BCUT2D eigenvalue weighted by Gasteiger charge is -2.32. The van der Waals surface area contributed by atoms with E-state index in [4.69, 9.17) is 11.1 Å². The lowest BCUT2D eigenvalue weighted by molar-refractivity contribution is 0.627. The molecule has 2 aromatic rings. The molecule has 1 heterocycles. The third-order valence-corrected chi connectivity index (χ3v) is 3.65. The van der Waals surface area contributed by atoms with E-state index in [0.29, 0.717) is 5.56 Å². The molecule has 0 unspecified atom stereocenters. The Balaban J connectivity index is 2.13. The molecule has 0 atom stereocenters. The zero-order valence-corrected chi connectivity index (χ0v) is 11.1. The molecular formula is C16H16FN3. The van der Waals surface area contributed by atoms with Crippen molar-refractivity contribution in [1.29, 1.82) is 5.41 Å². The summed E-state index contributed by atoms with van der Waals surface area (Å²) in [5.74, 6) is -0.480. The second-order valence-electron chi connectivity index (χ2n) is 4.96. The van der Waals surface area contributed by atoms with Crippen LogP contribution in [0.25, 0.3) is 0 Å². The molecule has 3 N–H and O–H groups in total. The van der Waals surface area contributed by atoms with Crippen LogP contribution < -0.4 is 10.6 Å². The van der Waals surface area contributed by atoms with Crippen molar-refractivity contribution < 1.29 is 4.39 Å². The average molecular weight is 269 g/mol. The van der Waals surface area contributed by atoms with E-state index >= 15 is 0 Å². The van der Waals surface area contributed by atoms with Crippen LogP contribution in [0.15, 0.2) is 42.5 Å². The first-order valence-electron chi connectivity index (χ1n) is 6.66. The second kappa shape index (κ2) is 4.96. The van der Waals surface area contributed by atoms with Gasteiger partial charge in [0, 0.05) is 17.8 Å². The smallest absolute Gasteiger partial charge is 0.125 e. The molecule has 4 heteroatoms. The third kappa shape index (κ3) is 2.13. The molecular weight excluding hydrogens is 253 g/mol. The molecule has 2 aromatic carbocycles. The highest BCUT2D eigenvalue weighted by atomic mass is 19.1. The summed E-state index contributed by atoms with van der Waals surface area (Å²) < 4.78 is 13.4. The minimum atomic E-state index is -0.371. The Labute approximate surface area is 117 Å². The number of nitrogen functional groups attached to an aromatic ring is 1. The van der Waals surface area contributed by atoms with Gasteiger partial charge in [-0.25, -0.2) is 4.39 Å². The number of aryl methyl sites for hydroxylation is 1. The monoisotopic (exact) mass is 269 g/mol. The molecule has 0 saturated carbocycles. The van der Waals surface area contributed by atoms with Gasteiger partial charge in [0.15, 0.2) is 0 Å². The number of fused-ring (bicyclic) bond motifs is 1. The van der Waals surface area contributed by atoms with Crippen LogP contribution in [0.5, 0.6) is 0 Å². The topological polar surface area (TPSA) is 53.1 Å². The first-order valence-corrected chi connectivity index (χ1v) is 6.66. The fraction of sp³-hybridized carbons (Fsp3) is 0.188. The largest absolute Gasteiger partial charge is 0.384 e. The van der Waals surface area contributed by atoms with E-state index in [2.05, 4.69) is 17.0 Å². The van der Waals surface area contributed by atoms with Gasteiger partial charge in [-0.3, -0.25) is 5.41 Å². The molecule has 3 rings (SSSR count). The summed E-state index contributed by atoms with van der Waals surface area (Å²) in [7, 11) is 0. The van der Waals surface area contributed by atoms with Crippen LogP contribution in [0, 0.1) is 11.2 Å². The number of benzene rings is 2. The summed E-state index contributed by atoms with van der Waals surface area (Å²) in [4.78, 5) is 2.12. The Morgan fingerprint density at radius 3 is 2.75 bits per heavy atom. The fourth-order valence-electron chi connectivity index (χ4n) is 2.74. The summed E-state index contributed by atoms with van der Waals surface area (Å²) in [6.07, 6.45) is 2.08. The van der Waals surface area contributed by atoms with Gasteiger partial charge in [0.1, 0.15) is 11.7 Å². The lowest BCUT2D eigenvalue weighted by Crippen LogP contribution is -2.27. The van der Waals surface area contributed by atoms with E-state index in [1.165, 1.54) is 17.7 Å². The maximum atomic E-state index is 13.4. The average Bonchev–Trinajstić information content (AvgIpc) is 2.46. The van der Waals surface area contributed by atoms with Crippen molar-refractivity contribution in [1.82, 2.24) is 0 Å². The maximum absolute atomic E-state index is 13.4. The van der Waals surface area contributed by atoms with Crippen molar-refractivity contribution >= 4 is 17.2 Å². The second-order valence-corrected chi connectivity index (χ2v) is 4.96. The van der Waals surface area contributed by atoms with E-state index in [1.807, 2.05) is 12.1 Å². The van der Waals surface area contributed by atoms with E-state index in [0.717, 1.165) is 30.8 Å². The molecule has 1 aliphatic heterocycles. The Kier molecular flexibility index (Phi) is 3.14. The SMILES string of the molecule is N=C(N)c1cc(F)ccc1N1CCCc2ccccc21. The van der Waals surface area contributed by atoms with Crippen LogP contribution in [0.2, 0.25) is 0 Å². The standard InChI is InChI=1S/C16H16FN3/c17-12-7-8-15(13(10-12)16(18)19)20-9-3-5-11-4-1-2-6-14(11)20/h1-2,4,6-8,10H,3,5,9H2,(H3,18,19). The van der Waals surface area contributed by atoms with E-state index < -0.39 is 0 Å². The van der Waals surface area contributed by atoms with Crippen molar-refractivity contribution in [2.24, 2.45) is 5.73 Å². The fourth-order valence-corrected chi connectivity index (χ4v) is 2.74. The Morgan fingerprint density at radius 1 is 1.15 bits per heavy atom. The predicted molar refractivity (Wildman–Crippen MR) is 79.2 cm³/mol. The number of para-hydroxylation sites is 1. The van der Waals surface area contributed by atoms with Crippen LogP contribution in [0.4, 0.5) is 15.8 Å². The highest BCUT2D eigenvalue weighted by Gasteiger charge is 2.21. The van der Waals surface area contributed by atoms with Gasteiger partial charge >= 0.3 is 0 Å². The molecule has 0 aliphatic carbocycles. The molecule has 3 nitrogen and oxygen atoms in total. The molecule has 0 bridgehead atoms. The molecule has 0 radical (unpaired) electrons. The molecule has 0 spiro atoms. The van der Waals surface area contributed by atoms with Crippen molar-refractivity contribution in [3.05, 3.63) is 59.4 Å². The summed E-state index contributed by atoms with van der Waals surface area (Å²) in [5.41, 5.74) is 9.24. The van der Waals surface area contributed by atoms with E-state index in [-0.39, 0.29) is 11.7 Å². The first-order chi connectivity index (χ1) is 9.66. The quantitative estimate of drug-likeness (QED) is 0.650. The Bertz CT molecular complexity index is 667. The molecule has 0 amide bonds. The maximum Gasteiger partial charge on any atom is 0.125 e. The number of anilines is 2. The number of amidine groups is 1. The highest BCUT2D eigenvalue weighted by molar-refractivity contribution is 6.01. The van der Waals surface area contributed by atoms with Gasteiger partial charge in [0.05, 0.1) is 5.69 Å². The van der Waals surface area contributed by atoms with Gasteiger partial charge in [-0.05, 0) is 42.7 Å². The van der Waals surface area contributed by atoms with Crippen molar-refractivity contribution in [3.8, 4) is 0 Å². The third-order valence-electron chi connectivity index (χ3n) is 3.65. The minimum Gasteiger partial charge on any atom is -0.384 e. The number of nitrogens with zero attached hydrogens (tertiary/aromatic N) is 1. The Hall–Kier alpha value is -2.36. The predicted octanol–water partition coefficient (Wildman–Crippen LogP) is 3.19. The van der Waals surface area contributed by atoms with Crippen LogP contribution in [0.1, 0.15) is 17.5 Å². The highest BCUT2D eigenvalue weighted by Crippen LogP contribution is 2.35. The molecule has 0 saturated heterocycles. The van der Waals surface area contributed by atoms with Gasteiger partial charge in [-0.1, -0.05) is 18.2 Å². The van der Waals surface area contributed by atoms with Crippen LogP contribution in [-0.4, -0.2) is 12.4 Å². The Morgan fingerprint density at radius 2 is 1.95 bits per heavy atom. The van der Waals surface area contributed by atoms with E-state index in [9.17, 15) is 4.39 Å². The van der Waals surface area contributed by atoms with Gasteiger partial charge in [0.25, 0.3) is 0 Å². The molecule has 0 fully saturated rings. The zero-order chi connectivity index (χ0) is 14.1. The van der Waals surface area contributed by atoms with Crippen molar-refractivity contribution in [2.75, 3.05) is 11.4 Å². The van der Waals surface area contributed by atoms with Gasteiger partial charge < -0.3 is 10.6 Å². The summed E-state index contributed by atoms with van der Waals surface area (Å²) in [5, 5.41) is 7.66. The van der Waals surface area contributed by atoms with Crippen LogP contribution >= 0.6 is 0 Å². The molecule has 0 aromatic heterocycles. The van der Waals surface area contributed by atoms with Gasteiger partial charge in [0.2, 0.25) is 0 Å². The van der Waals surface area contributed by atoms with Crippen molar-refractivity contribution in [3.63, 3.8) is 0 Å². The van der Waals surface area contributed by atoms with Crippen LogP contribution in [-0.2, 0) is 6.42 Å². The number of nitrogens with two attached hydrogens (primary N) is 1. The number of hydrogen-bond acceptors (Lipinski definition) is 2. The summed E-state index contributed by atoms with van der Waals surface area (Å²) in [6, 6.07) is 12.6. The lowest BCUT2D eigenvalue weighted by atomic mass is 10.00. The van der Waals surface area contributed by atoms with Gasteiger partial charge in [-0.15, -0.1) is 0 Å².